The van der Waals surface area contributed by atoms with E-state index in [2.05, 4.69) is 34.9 Å². The fourth-order valence-electron chi connectivity index (χ4n) is 4.37. The molecule has 7 heteroatoms. The van der Waals surface area contributed by atoms with Crippen LogP contribution in [-0.2, 0) is 0 Å². The third-order valence-corrected chi connectivity index (χ3v) is 6.26. The second kappa shape index (κ2) is 8.75. The molecule has 1 aliphatic heterocycles. The number of aromatic nitrogens is 3. The molecule has 0 bridgehead atoms. The van der Waals surface area contributed by atoms with Crippen LogP contribution in [-0.4, -0.2) is 60.2 Å². The first-order chi connectivity index (χ1) is 16.0. The van der Waals surface area contributed by atoms with Gasteiger partial charge in [-0.3, -0.25) is 4.98 Å². The Bertz CT molecular complexity index is 1280. The lowest BCUT2D eigenvalue weighted by Gasteiger charge is -2.23. The Morgan fingerprint density at radius 2 is 1.85 bits per heavy atom. The van der Waals surface area contributed by atoms with Crippen LogP contribution in [0.5, 0.6) is 5.75 Å². The molecule has 168 valence electrons. The molecular weight excluding hydrogens is 417 g/mol. The summed E-state index contributed by atoms with van der Waals surface area (Å²) in [5, 5.41) is 0.917. The van der Waals surface area contributed by atoms with Gasteiger partial charge in [-0.25, -0.2) is 14.4 Å². The number of likely N-dealkylation sites (N-methyl/N-ethyl adjacent to an activating group) is 1. The maximum absolute atomic E-state index is 13.5. The van der Waals surface area contributed by atoms with Crippen LogP contribution in [0.1, 0.15) is 6.42 Å². The van der Waals surface area contributed by atoms with Gasteiger partial charge in [0.05, 0.1) is 7.11 Å². The molecule has 0 N–H and O–H groups in total. The van der Waals surface area contributed by atoms with Gasteiger partial charge < -0.3 is 14.5 Å². The number of anilines is 1. The van der Waals surface area contributed by atoms with E-state index in [9.17, 15) is 4.39 Å². The minimum absolute atomic E-state index is 0.261. The smallest absolute Gasteiger partial charge is 0.163 e. The van der Waals surface area contributed by atoms with Crippen molar-refractivity contribution in [1.29, 1.82) is 0 Å². The Labute approximate surface area is 192 Å². The fourth-order valence-corrected chi connectivity index (χ4v) is 4.37. The summed E-state index contributed by atoms with van der Waals surface area (Å²) in [7, 11) is 5.87. The van der Waals surface area contributed by atoms with E-state index in [0.717, 1.165) is 52.9 Å². The van der Waals surface area contributed by atoms with Crippen molar-refractivity contribution in [3.05, 3.63) is 66.7 Å². The summed E-state index contributed by atoms with van der Waals surface area (Å²) in [4.78, 5) is 18.7. The highest BCUT2D eigenvalue weighted by atomic mass is 19.1. The second-order valence-electron chi connectivity index (χ2n) is 8.55. The number of hydrogen-bond donors (Lipinski definition) is 0. The highest BCUT2D eigenvalue weighted by Gasteiger charge is 2.28. The lowest BCUT2D eigenvalue weighted by molar-refractivity contribution is 0.315. The standard InChI is InChI=1S/C26H26FN5O/c1-31(2)21-10-12-32(16-21)26-22-13-19(17-6-8-20(27)9-7-17)14-23(33-3)24(22)29-25(30-26)18-5-4-11-28-15-18/h4-9,11,13-15,21H,10,12,16H2,1-3H3. The molecule has 33 heavy (non-hydrogen) atoms. The summed E-state index contributed by atoms with van der Waals surface area (Å²) in [6.07, 6.45) is 4.58. The average Bonchev–Trinajstić information content (AvgIpc) is 3.34. The Morgan fingerprint density at radius 3 is 2.52 bits per heavy atom. The van der Waals surface area contributed by atoms with Gasteiger partial charge in [0.2, 0.25) is 0 Å². The van der Waals surface area contributed by atoms with Crippen LogP contribution >= 0.6 is 0 Å². The molecule has 0 aliphatic carbocycles. The largest absolute Gasteiger partial charge is 0.494 e. The number of nitrogens with zero attached hydrogens (tertiary/aromatic N) is 5. The van der Waals surface area contributed by atoms with E-state index in [4.69, 9.17) is 14.7 Å². The van der Waals surface area contributed by atoms with Crippen molar-refractivity contribution in [2.45, 2.75) is 12.5 Å². The van der Waals surface area contributed by atoms with E-state index in [-0.39, 0.29) is 5.82 Å². The minimum Gasteiger partial charge on any atom is -0.494 e. The Kier molecular flexibility index (Phi) is 5.64. The van der Waals surface area contributed by atoms with E-state index in [1.165, 1.54) is 12.1 Å². The molecule has 2 aromatic heterocycles. The molecule has 0 spiro atoms. The molecule has 2 aromatic carbocycles. The number of benzene rings is 2. The zero-order valence-electron chi connectivity index (χ0n) is 19.0. The molecule has 0 saturated carbocycles. The third kappa shape index (κ3) is 4.12. The lowest BCUT2D eigenvalue weighted by atomic mass is 10.0. The van der Waals surface area contributed by atoms with Gasteiger partial charge in [-0.05, 0) is 68.0 Å². The van der Waals surface area contributed by atoms with Crippen molar-refractivity contribution in [1.82, 2.24) is 19.9 Å². The highest BCUT2D eigenvalue weighted by Crippen LogP contribution is 2.38. The predicted molar refractivity (Wildman–Crippen MR) is 129 cm³/mol. The van der Waals surface area contributed by atoms with E-state index in [1.54, 1.807) is 31.6 Å². The number of methoxy groups -OCH3 is 1. The van der Waals surface area contributed by atoms with Crippen LogP contribution in [0.4, 0.5) is 10.2 Å². The molecule has 1 saturated heterocycles. The minimum atomic E-state index is -0.261. The van der Waals surface area contributed by atoms with Crippen LogP contribution in [0.25, 0.3) is 33.4 Å². The maximum atomic E-state index is 13.5. The quantitative estimate of drug-likeness (QED) is 0.448. The number of rotatable bonds is 5. The molecule has 0 radical (unpaired) electrons. The van der Waals surface area contributed by atoms with Gasteiger partial charge >= 0.3 is 0 Å². The van der Waals surface area contributed by atoms with Crippen molar-refractivity contribution in [3.63, 3.8) is 0 Å². The van der Waals surface area contributed by atoms with Gasteiger partial charge in [-0.1, -0.05) is 12.1 Å². The van der Waals surface area contributed by atoms with Crippen LogP contribution in [0.15, 0.2) is 60.9 Å². The van der Waals surface area contributed by atoms with Gasteiger partial charge in [-0.2, -0.15) is 0 Å². The summed E-state index contributed by atoms with van der Waals surface area (Å²) < 4.78 is 19.3. The van der Waals surface area contributed by atoms with Crippen molar-refractivity contribution in [2.24, 2.45) is 0 Å². The van der Waals surface area contributed by atoms with Crippen molar-refractivity contribution >= 4 is 16.7 Å². The van der Waals surface area contributed by atoms with Gasteiger partial charge in [0.1, 0.15) is 22.9 Å². The third-order valence-electron chi connectivity index (χ3n) is 6.26. The summed E-state index contributed by atoms with van der Waals surface area (Å²) in [6.45, 7) is 1.79. The number of fused-ring (bicyclic) bond motifs is 1. The molecule has 1 fully saturated rings. The zero-order valence-corrected chi connectivity index (χ0v) is 19.0. The van der Waals surface area contributed by atoms with Crippen LogP contribution in [0.3, 0.4) is 0 Å². The van der Waals surface area contributed by atoms with Crippen LogP contribution < -0.4 is 9.64 Å². The molecular formula is C26H26FN5O. The average molecular weight is 444 g/mol. The molecule has 3 heterocycles. The molecule has 6 nitrogen and oxygen atoms in total. The molecule has 5 rings (SSSR count). The normalized spacial score (nSPS) is 16.0. The summed E-state index contributed by atoms with van der Waals surface area (Å²) in [5.41, 5.74) is 3.45. The molecule has 1 atom stereocenters. The molecule has 4 aromatic rings. The Hall–Kier alpha value is -3.58. The Balaban J connectivity index is 1.73. The number of hydrogen-bond acceptors (Lipinski definition) is 6. The second-order valence-corrected chi connectivity index (χ2v) is 8.55. The van der Waals surface area contributed by atoms with Gasteiger partial charge in [-0.15, -0.1) is 0 Å². The topological polar surface area (TPSA) is 54.4 Å². The molecule has 1 aliphatic rings. The highest BCUT2D eigenvalue weighted by molar-refractivity contribution is 5.98. The van der Waals surface area contributed by atoms with Crippen molar-refractivity contribution in [2.75, 3.05) is 39.2 Å². The summed E-state index contributed by atoms with van der Waals surface area (Å²) in [5.74, 6) is 1.89. The van der Waals surface area contributed by atoms with Crippen molar-refractivity contribution < 1.29 is 9.13 Å². The summed E-state index contributed by atoms with van der Waals surface area (Å²) in [6, 6.07) is 14.8. The number of ether oxygens (including phenoxy) is 1. The van der Waals surface area contributed by atoms with E-state index < -0.39 is 0 Å². The SMILES string of the molecule is COc1cc(-c2ccc(F)cc2)cc2c(N3CCC(N(C)C)C3)nc(-c3cccnc3)nc12. The first-order valence-electron chi connectivity index (χ1n) is 11.0. The zero-order chi connectivity index (χ0) is 22.9. The molecule has 0 amide bonds. The lowest BCUT2D eigenvalue weighted by Crippen LogP contribution is -2.31. The van der Waals surface area contributed by atoms with E-state index in [1.807, 2.05) is 18.2 Å². The predicted octanol–water partition coefficient (Wildman–Crippen LogP) is 4.65. The first kappa shape index (κ1) is 21.3. The van der Waals surface area contributed by atoms with Gasteiger partial charge in [0.15, 0.2) is 5.82 Å². The van der Waals surface area contributed by atoms with Gasteiger partial charge in [0.25, 0.3) is 0 Å². The first-order valence-corrected chi connectivity index (χ1v) is 11.0. The number of pyridine rings is 1. The Morgan fingerprint density at radius 1 is 1.03 bits per heavy atom. The van der Waals surface area contributed by atoms with E-state index in [0.29, 0.717) is 17.6 Å². The summed E-state index contributed by atoms with van der Waals surface area (Å²) >= 11 is 0. The fraction of sp³-hybridized carbons (Fsp3) is 0.269. The molecule has 1 unspecified atom stereocenters. The van der Waals surface area contributed by atoms with Crippen LogP contribution in [0.2, 0.25) is 0 Å². The van der Waals surface area contributed by atoms with Gasteiger partial charge in [0, 0.05) is 42.5 Å². The monoisotopic (exact) mass is 443 g/mol. The van der Waals surface area contributed by atoms with E-state index >= 15 is 0 Å². The van der Waals surface area contributed by atoms with Crippen LogP contribution in [0, 0.1) is 5.82 Å². The maximum Gasteiger partial charge on any atom is 0.163 e. The number of halogens is 1. The van der Waals surface area contributed by atoms with Crippen molar-refractivity contribution in [3.8, 4) is 28.3 Å².